The summed E-state index contributed by atoms with van der Waals surface area (Å²) in [7, 11) is 4.79. The van der Waals surface area contributed by atoms with Gasteiger partial charge in [-0.05, 0) is 0 Å². The number of rotatable bonds is 1. The third-order valence-electron chi connectivity index (χ3n) is 2.47. The van der Waals surface area contributed by atoms with Crippen LogP contribution in [0, 0.1) is 0 Å². The highest BCUT2D eigenvalue weighted by atomic mass is 19.4. The molecule has 0 aromatic heterocycles. The Bertz CT molecular complexity index is 323. The summed E-state index contributed by atoms with van der Waals surface area (Å²) in [5.74, 6) is -9.38. The first-order chi connectivity index (χ1) is 7.55. The number of carbonyl (C=O) groups excluding carboxylic acids is 1. The van der Waals surface area contributed by atoms with E-state index in [4.69, 9.17) is 18.1 Å². The molecule has 0 spiro atoms. The van der Waals surface area contributed by atoms with Crippen LogP contribution in [0.4, 0.5) is 22.0 Å². The van der Waals surface area contributed by atoms with Crippen LogP contribution in [0.3, 0.4) is 0 Å². The highest BCUT2D eigenvalue weighted by Crippen LogP contribution is 2.39. The summed E-state index contributed by atoms with van der Waals surface area (Å²) in [6, 6.07) is -2.09. The first-order valence-corrected chi connectivity index (χ1v) is 4.37. The molecule has 1 rings (SSSR count). The van der Waals surface area contributed by atoms with Crippen molar-refractivity contribution in [1.29, 1.82) is 0 Å². The molecule has 1 heterocycles. The van der Waals surface area contributed by atoms with Crippen LogP contribution in [-0.4, -0.2) is 65.7 Å². The smallest absolute Gasteiger partial charge is 0.394 e. The van der Waals surface area contributed by atoms with E-state index in [1.807, 2.05) is 0 Å². The van der Waals surface area contributed by atoms with Gasteiger partial charge in [-0.2, -0.15) is 13.2 Å². The van der Waals surface area contributed by atoms with Gasteiger partial charge in [0, 0.05) is 0 Å². The first kappa shape index (κ1) is 14.2. The van der Waals surface area contributed by atoms with E-state index in [1.54, 1.807) is 0 Å². The maximum atomic E-state index is 13.1. The third kappa shape index (κ3) is 2.11. The standard InChI is InChI=1S/C7H7BF5NO3/c8-4-6(9,10)3(16)2(1-15)14(4)5(17)7(11,12)13/h2-4,15-16H,1H2/t2-,3-,4-/m1/s1. The zero-order chi connectivity index (χ0) is 13.6. The zero-order valence-electron chi connectivity index (χ0n) is 8.16. The molecule has 1 aliphatic rings. The minimum atomic E-state index is -5.41. The van der Waals surface area contributed by atoms with E-state index in [0.29, 0.717) is 0 Å². The fourth-order valence-corrected chi connectivity index (χ4v) is 1.59. The summed E-state index contributed by atoms with van der Waals surface area (Å²) < 4.78 is 62.6. The van der Waals surface area contributed by atoms with Crippen LogP contribution in [0.1, 0.15) is 0 Å². The number of nitrogens with zero attached hydrogens (tertiary/aromatic N) is 1. The summed E-state index contributed by atoms with van der Waals surface area (Å²) in [6.45, 7) is -1.26. The maximum Gasteiger partial charge on any atom is 0.471 e. The summed E-state index contributed by atoms with van der Waals surface area (Å²) in [4.78, 5) is 10.4. The van der Waals surface area contributed by atoms with Crippen LogP contribution < -0.4 is 0 Å². The Balaban J connectivity index is 3.11. The minimum absolute atomic E-state index is 0.440. The van der Waals surface area contributed by atoms with E-state index in [-0.39, 0.29) is 0 Å². The maximum absolute atomic E-state index is 13.1. The fraction of sp³-hybridized carbons (Fsp3) is 0.857. The van der Waals surface area contributed by atoms with Gasteiger partial charge in [0.2, 0.25) is 0 Å². The van der Waals surface area contributed by atoms with Crippen LogP contribution >= 0.6 is 0 Å². The van der Waals surface area contributed by atoms with Crippen LogP contribution in [0.15, 0.2) is 0 Å². The molecule has 0 bridgehead atoms. The van der Waals surface area contributed by atoms with Gasteiger partial charge in [-0.25, -0.2) is 8.78 Å². The molecule has 3 atom stereocenters. The average Bonchev–Trinajstić information content (AvgIpc) is 2.36. The van der Waals surface area contributed by atoms with Gasteiger partial charge in [-0.3, -0.25) is 4.79 Å². The topological polar surface area (TPSA) is 60.8 Å². The number of alkyl halides is 5. The van der Waals surface area contributed by atoms with Crippen molar-refractivity contribution in [3.63, 3.8) is 0 Å². The fourth-order valence-electron chi connectivity index (χ4n) is 1.59. The molecule has 1 amide bonds. The molecule has 0 unspecified atom stereocenters. The molecule has 96 valence electrons. The van der Waals surface area contributed by atoms with Crippen LogP contribution in [0.2, 0.25) is 0 Å². The quantitative estimate of drug-likeness (QED) is 0.480. The molecule has 10 heteroatoms. The van der Waals surface area contributed by atoms with Crippen LogP contribution in [-0.2, 0) is 4.79 Å². The number of likely N-dealkylation sites (tertiary alicyclic amines) is 1. The van der Waals surface area contributed by atoms with Crippen LogP contribution in [0.25, 0.3) is 0 Å². The van der Waals surface area contributed by atoms with Gasteiger partial charge in [-0.1, -0.05) is 0 Å². The van der Waals surface area contributed by atoms with Crippen molar-refractivity contribution in [2.75, 3.05) is 6.61 Å². The zero-order valence-corrected chi connectivity index (χ0v) is 8.16. The Labute approximate surface area is 93.4 Å². The Kier molecular flexibility index (Phi) is 3.41. The van der Waals surface area contributed by atoms with Gasteiger partial charge in [0.1, 0.15) is 14.0 Å². The molecule has 0 aliphatic carbocycles. The molecule has 0 aromatic carbocycles. The predicted molar refractivity (Wildman–Crippen MR) is 44.3 cm³/mol. The van der Waals surface area contributed by atoms with E-state index >= 15 is 0 Å². The van der Waals surface area contributed by atoms with E-state index in [2.05, 4.69) is 0 Å². The van der Waals surface area contributed by atoms with Crippen molar-refractivity contribution in [3.8, 4) is 0 Å². The number of halogens is 5. The second kappa shape index (κ2) is 4.09. The summed E-state index contributed by atoms with van der Waals surface area (Å²) in [5, 5.41) is 17.7. The average molecular weight is 259 g/mol. The molecule has 4 nitrogen and oxygen atoms in total. The molecule has 0 aromatic rings. The van der Waals surface area contributed by atoms with Gasteiger partial charge in [0.15, 0.2) is 0 Å². The molecule has 2 N–H and O–H groups in total. The molecular formula is C7H7BF5NO3. The van der Waals surface area contributed by atoms with Gasteiger partial charge < -0.3 is 15.1 Å². The highest BCUT2D eigenvalue weighted by molar-refractivity contribution is 6.14. The van der Waals surface area contributed by atoms with Crippen LogP contribution in [0.5, 0.6) is 0 Å². The number of carbonyl (C=O) groups is 1. The molecule has 2 radical (unpaired) electrons. The van der Waals surface area contributed by atoms with Crippen molar-refractivity contribution in [1.82, 2.24) is 4.90 Å². The largest absolute Gasteiger partial charge is 0.471 e. The number of amides is 1. The van der Waals surface area contributed by atoms with Gasteiger partial charge in [0.25, 0.3) is 5.92 Å². The highest BCUT2D eigenvalue weighted by Gasteiger charge is 2.63. The Hall–Kier alpha value is -0.895. The van der Waals surface area contributed by atoms with Gasteiger partial charge in [-0.15, -0.1) is 0 Å². The third-order valence-corrected chi connectivity index (χ3v) is 2.47. The molecular weight excluding hydrogens is 252 g/mol. The van der Waals surface area contributed by atoms with E-state index in [9.17, 15) is 26.7 Å². The lowest BCUT2D eigenvalue weighted by Crippen LogP contribution is -2.51. The lowest BCUT2D eigenvalue weighted by Gasteiger charge is -2.28. The monoisotopic (exact) mass is 259 g/mol. The van der Waals surface area contributed by atoms with Gasteiger partial charge in [0.05, 0.1) is 18.6 Å². The number of aliphatic hydroxyl groups is 2. The summed E-state index contributed by atoms with van der Waals surface area (Å²) in [5.41, 5.74) is 0. The molecule has 1 saturated heterocycles. The van der Waals surface area contributed by atoms with Crippen molar-refractivity contribution < 1.29 is 37.0 Å². The second-order valence-corrected chi connectivity index (χ2v) is 3.52. The SMILES string of the molecule is [B][C@@H]1N(C(=O)C(F)(F)F)[C@H](CO)[C@@H](O)C1(F)F. The summed E-state index contributed by atoms with van der Waals surface area (Å²) in [6.07, 6.45) is -8.06. The Morgan fingerprint density at radius 3 is 2.24 bits per heavy atom. The minimum Gasteiger partial charge on any atom is -0.394 e. The predicted octanol–water partition coefficient (Wildman–Crippen LogP) is -0.757. The molecule has 17 heavy (non-hydrogen) atoms. The number of hydrogen-bond acceptors (Lipinski definition) is 3. The molecule has 1 aliphatic heterocycles. The normalized spacial score (nSPS) is 32.9. The van der Waals surface area contributed by atoms with Crippen molar-refractivity contribution >= 4 is 13.8 Å². The van der Waals surface area contributed by atoms with Crippen molar-refractivity contribution in [2.24, 2.45) is 0 Å². The number of hydrogen-bond donors (Lipinski definition) is 2. The van der Waals surface area contributed by atoms with Crippen molar-refractivity contribution in [3.05, 3.63) is 0 Å². The van der Waals surface area contributed by atoms with Gasteiger partial charge >= 0.3 is 12.1 Å². The van der Waals surface area contributed by atoms with Crippen molar-refractivity contribution in [2.45, 2.75) is 30.2 Å². The second-order valence-electron chi connectivity index (χ2n) is 3.52. The first-order valence-electron chi connectivity index (χ1n) is 4.37. The van der Waals surface area contributed by atoms with E-state index in [0.717, 1.165) is 0 Å². The summed E-state index contributed by atoms with van der Waals surface area (Å²) >= 11 is 0. The number of aliphatic hydroxyl groups excluding tert-OH is 2. The lowest BCUT2D eigenvalue weighted by molar-refractivity contribution is -0.189. The Morgan fingerprint density at radius 2 is 1.88 bits per heavy atom. The lowest BCUT2D eigenvalue weighted by atomic mass is 9.90. The Morgan fingerprint density at radius 1 is 1.41 bits per heavy atom. The molecule has 0 saturated carbocycles. The van der Waals surface area contributed by atoms with E-state index in [1.165, 1.54) is 0 Å². The molecule has 1 fully saturated rings. The van der Waals surface area contributed by atoms with E-state index < -0.39 is 47.6 Å².